The molecule has 2 rings (SSSR count). The average molecular weight is 312 g/mol. The van der Waals surface area contributed by atoms with Crippen molar-refractivity contribution < 1.29 is 24.0 Å². The van der Waals surface area contributed by atoms with Crippen molar-refractivity contribution in [1.29, 1.82) is 0 Å². The highest BCUT2D eigenvalue weighted by Gasteiger charge is 2.13. The Morgan fingerprint density at radius 2 is 2.00 bits per heavy atom. The number of nitrogens with zero attached hydrogens (tertiary/aromatic N) is 1. The van der Waals surface area contributed by atoms with Gasteiger partial charge in [-0.25, -0.2) is 9.18 Å². The quantitative estimate of drug-likeness (QED) is 0.683. The van der Waals surface area contributed by atoms with Gasteiger partial charge in [-0.05, 0) is 18.2 Å². The normalized spacial score (nSPS) is 10.2. The monoisotopic (exact) mass is 311 g/mol. The molecule has 0 bridgehead atoms. The summed E-state index contributed by atoms with van der Waals surface area (Å²) in [5.74, 6) is -2.06. The van der Waals surface area contributed by atoms with Crippen molar-refractivity contribution in [2.24, 2.45) is 0 Å². The van der Waals surface area contributed by atoms with Crippen LogP contribution in [0.25, 0.3) is 0 Å². The number of non-ortho nitro benzene ring substituents is 1. The molecule has 8 heteroatoms. The molecule has 0 aliphatic carbocycles. The van der Waals surface area contributed by atoms with E-state index in [1.54, 1.807) is 0 Å². The highest BCUT2D eigenvalue weighted by atomic mass is 35.5. The molecule has 0 spiro atoms. The number of carbonyl (C=O) groups is 1. The lowest BCUT2D eigenvalue weighted by atomic mass is 10.2. The summed E-state index contributed by atoms with van der Waals surface area (Å²) in [6.07, 6.45) is 0. The van der Waals surface area contributed by atoms with Crippen molar-refractivity contribution in [3.63, 3.8) is 0 Å². The molecule has 0 unspecified atom stereocenters. The number of ether oxygens (including phenoxy) is 1. The standard InChI is InChI=1S/C13H7ClFNO5/c14-11-3-7(13(17)18)1-2-12(11)21-10-5-8(15)4-9(6-10)16(19)20/h1-6H,(H,17,18). The molecular weight excluding hydrogens is 305 g/mol. The molecule has 0 aromatic heterocycles. The minimum Gasteiger partial charge on any atom is -0.478 e. The molecule has 0 heterocycles. The Balaban J connectivity index is 2.34. The molecule has 0 saturated carbocycles. The Morgan fingerprint density at radius 1 is 1.29 bits per heavy atom. The van der Waals surface area contributed by atoms with Crippen LogP contribution in [0.1, 0.15) is 10.4 Å². The van der Waals surface area contributed by atoms with E-state index < -0.39 is 22.4 Å². The van der Waals surface area contributed by atoms with Gasteiger partial charge < -0.3 is 9.84 Å². The molecule has 0 aliphatic heterocycles. The maximum Gasteiger partial charge on any atom is 0.335 e. The molecule has 2 aromatic rings. The molecule has 108 valence electrons. The molecule has 2 aromatic carbocycles. The van der Waals surface area contributed by atoms with Crippen molar-refractivity contribution in [2.75, 3.05) is 0 Å². The Morgan fingerprint density at radius 3 is 2.57 bits per heavy atom. The van der Waals surface area contributed by atoms with Gasteiger partial charge in [-0.1, -0.05) is 11.6 Å². The summed E-state index contributed by atoms with van der Waals surface area (Å²) in [7, 11) is 0. The third kappa shape index (κ3) is 3.46. The van der Waals surface area contributed by atoms with Crippen molar-refractivity contribution in [3.05, 3.63) is 62.9 Å². The highest BCUT2D eigenvalue weighted by molar-refractivity contribution is 6.32. The lowest BCUT2D eigenvalue weighted by Gasteiger charge is -2.08. The fourth-order valence-electron chi connectivity index (χ4n) is 1.56. The second kappa shape index (κ2) is 5.76. The number of halogens is 2. The van der Waals surface area contributed by atoms with Gasteiger partial charge in [0.25, 0.3) is 5.69 Å². The summed E-state index contributed by atoms with van der Waals surface area (Å²) < 4.78 is 18.5. The molecule has 1 N–H and O–H groups in total. The molecule has 0 amide bonds. The van der Waals surface area contributed by atoms with Gasteiger partial charge in [-0.15, -0.1) is 0 Å². The minimum atomic E-state index is -1.16. The first-order valence-electron chi connectivity index (χ1n) is 5.52. The van der Waals surface area contributed by atoms with Crippen molar-refractivity contribution in [3.8, 4) is 11.5 Å². The van der Waals surface area contributed by atoms with Crippen LogP contribution in [0.5, 0.6) is 11.5 Å². The summed E-state index contributed by atoms with van der Waals surface area (Å²) in [6.45, 7) is 0. The van der Waals surface area contributed by atoms with Crippen LogP contribution in [0, 0.1) is 15.9 Å². The lowest BCUT2D eigenvalue weighted by Crippen LogP contribution is -1.96. The van der Waals surface area contributed by atoms with Crippen LogP contribution in [-0.2, 0) is 0 Å². The van der Waals surface area contributed by atoms with Gasteiger partial charge >= 0.3 is 5.97 Å². The zero-order valence-electron chi connectivity index (χ0n) is 10.2. The van der Waals surface area contributed by atoms with Gasteiger partial charge in [0.1, 0.15) is 17.3 Å². The van der Waals surface area contributed by atoms with Crippen molar-refractivity contribution >= 4 is 23.3 Å². The van der Waals surface area contributed by atoms with Gasteiger partial charge in [-0.3, -0.25) is 10.1 Å². The summed E-state index contributed by atoms with van der Waals surface area (Å²) in [5, 5.41) is 19.4. The third-order valence-electron chi connectivity index (χ3n) is 2.47. The van der Waals surface area contributed by atoms with Crippen LogP contribution in [0.3, 0.4) is 0 Å². The molecule has 0 aliphatic rings. The second-order valence-electron chi connectivity index (χ2n) is 3.95. The number of nitro groups is 1. The Kier molecular flexibility index (Phi) is 4.04. The molecule has 0 radical (unpaired) electrons. The molecule has 0 saturated heterocycles. The molecule has 0 fully saturated rings. The lowest BCUT2D eigenvalue weighted by molar-refractivity contribution is -0.385. The van der Waals surface area contributed by atoms with E-state index >= 15 is 0 Å². The van der Waals surface area contributed by atoms with Crippen LogP contribution < -0.4 is 4.74 Å². The largest absolute Gasteiger partial charge is 0.478 e. The van der Waals surface area contributed by atoms with Gasteiger partial charge in [-0.2, -0.15) is 0 Å². The van der Waals surface area contributed by atoms with E-state index in [1.807, 2.05) is 0 Å². The number of carboxylic acid groups (broad SMARTS) is 1. The molecule has 21 heavy (non-hydrogen) atoms. The van der Waals surface area contributed by atoms with E-state index in [9.17, 15) is 19.3 Å². The maximum atomic E-state index is 13.3. The Bertz CT molecular complexity index is 734. The van der Waals surface area contributed by atoms with Gasteiger partial charge in [0.2, 0.25) is 0 Å². The van der Waals surface area contributed by atoms with E-state index in [4.69, 9.17) is 21.4 Å². The zero-order chi connectivity index (χ0) is 15.6. The Labute approximate surface area is 122 Å². The van der Waals surface area contributed by atoms with E-state index in [2.05, 4.69) is 0 Å². The van der Waals surface area contributed by atoms with Gasteiger partial charge in [0.15, 0.2) is 0 Å². The second-order valence-corrected chi connectivity index (χ2v) is 4.36. The first-order chi connectivity index (χ1) is 9.86. The SMILES string of the molecule is O=C(O)c1ccc(Oc2cc(F)cc([N+](=O)[O-])c2)c(Cl)c1. The smallest absolute Gasteiger partial charge is 0.335 e. The molecule has 6 nitrogen and oxygen atoms in total. The fourth-order valence-corrected chi connectivity index (χ4v) is 1.77. The predicted molar refractivity (Wildman–Crippen MR) is 71.5 cm³/mol. The van der Waals surface area contributed by atoms with Crippen molar-refractivity contribution in [2.45, 2.75) is 0 Å². The van der Waals surface area contributed by atoms with Gasteiger partial charge in [0, 0.05) is 6.07 Å². The third-order valence-corrected chi connectivity index (χ3v) is 2.77. The number of aromatic carboxylic acids is 1. The molecule has 0 atom stereocenters. The number of carboxylic acids is 1. The fraction of sp³-hybridized carbons (Fsp3) is 0. The van der Waals surface area contributed by atoms with E-state index in [0.717, 1.165) is 24.3 Å². The van der Waals surface area contributed by atoms with Gasteiger partial charge in [0.05, 0.1) is 27.6 Å². The van der Waals surface area contributed by atoms with Crippen molar-refractivity contribution in [1.82, 2.24) is 0 Å². The van der Waals surface area contributed by atoms with Crippen LogP contribution in [0.15, 0.2) is 36.4 Å². The number of benzene rings is 2. The van der Waals surface area contributed by atoms with E-state index in [0.29, 0.717) is 0 Å². The van der Waals surface area contributed by atoms with Crippen LogP contribution in [0.4, 0.5) is 10.1 Å². The van der Waals surface area contributed by atoms with E-state index in [-0.39, 0.29) is 22.1 Å². The van der Waals surface area contributed by atoms with E-state index in [1.165, 1.54) is 12.1 Å². The number of nitro benzene ring substituents is 1. The summed E-state index contributed by atoms with van der Waals surface area (Å²) in [4.78, 5) is 20.6. The number of hydrogen-bond donors (Lipinski definition) is 1. The highest BCUT2D eigenvalue weighted by Crippen LogP contribution is 2.32. The number of hydrogen-bond acceptors (Lipinski definition) is 4. The first-order valence-corrected chi connectivity index (χ1v) is 5.90. The maximum absolute atomic E-state index is 13.3. The number of rotatable bonds is 4. The summed E-state index contributed by atoms with van der Waals surface area (Å²) >= 11 is 5.85. The van der Waals surface area contributed by atoms with Crippen LogP contribution in [-0.4, -0.2) is 16.0 Å². The van der Waals surface area contributed by atoms with Crippen LogP contribution in [0.2, 0.25) is 5.02 Å². The zero-order valence-corrected chi connectivity index (χ0v) is 11.0. The van der Waals surface area contributed by atoms with Crippen LogP contribution >= 0.6 is 11.6 Å². The summed E-state index contributed by atoms with van der Waals surface area (Å²) in [5.41, 5.74) is -0.513. The molecular formula is C13H7ClFNO5. The Hall–Kier alpha value is -2.67. The predicted octanol–water partition coefficient (Wildman–Crippen LogP) is 3.88. The first kappa shape index (κ1) is 14.7. The minimum absolute atomic E-state index is 0.0122. The average Bonchev–Trinajstić information content (AvgIpc) is 2.40. The topological polar surface area (TPSA) is 89.7 Å². The summed E-state index contributed by atoms with van der Waals surface area (Å²) in [6, 6.07) is 6.42.